The van der Waals surface area contributed by atoms with E-state index in [0.29, 0.717) is 0 Å². The molecule has 0 unspecified atom stereocenters. The minimum absolute atomic E-state index is 0.0197. The number of benzene rings is 2. The number of aliphatic hydroxyl groups excluding tert-OH is 1. The van der Waals surface area contributed by atoms with Crippen LogP contribution in [0.15, 0.2) is 60.7 Å². The van der Waals surface area contributed by atoms with Gasteiger partial charge in [-0.25, -0.2) is 20.0 Å². The van der Waals surface area contributed by atoms with E-state index in [2.05, 4.69) is 5.43 Å². The average molecular weight is 415 g/mol. The Bertz CT molecular complexity index is 766. The maximum atomic E-state index is 12.8. The maximum absolute atomic E-state index is 12.8. The fourth-order valence-electron chi connectivity index (χ4n) is 3.18. The molecule has 0 aromatic heterocycles. The van der Waals surface area contributed by atoms with Crippen molar-refractivity contribution in [2.24, 2.45) is 5.92 Å². The van der Waals surface area contributed by atoms with E-state index in [1.807, 2.05) is 74.5 Å². The highest BCUT2D eigenvalue weighted by molar-refractivity contribution is 5.74. The van der Waals surface area contributed by atoms with Gasteiger partial charge in [-0.15, -0.1) is 0 Å². The first-order valence-corrected chi connectivity index (χ1v) is 10.2. The number of carbonyl (C=O) groups excluding carboxylic acids is 2. The van der Waals surface area contributed by atoms with Crippen molar-refractivity contribution in [3.8, 4) is 0 Å². The highest BCUT2D eigenvalue weighted by atomic mass is 16.6. The highest BCUT2D eigenvalue weighted by Crippen LogP contribution is 2.19. The first kappa shape index (κ1) is 23.2. The number of nitrogens with zero attached hydrogens (tertiary/aromatic N) is 1. The van der Waals surface area contributed by atoms with Crippen molar-refractivity contribution >= 4 is 12.2 Å². The predicted octanol–water partition coefficient (Wildman–Crippen LogP) is 4.26. The molecule has 1 atom stereocenters. The van der Waals surface area contributed by atoms with Crippen molar-refractivity contribution in [2.75, 3.05) is 6.61 Å². The number of aliphatic hydroxyl groups is 1. The van der Waals surface area contributed by atoms with Crippen LogP contribution in [0.5, 0.6) is 0 Å². The van der Waals surface area contributed by atoms with E-state index in [0.717, 1.165) is 29.0 Å². The molecule has 2 rings (SSSR count). The van der Waals surface area contributed by atoms with Crippen molar-refractivity contribution in [2.45, 2.75) is 45.9 Å². The number of amides is 2. The molecule has 30 heavy (non-hydrogen) atoms. The number of hydrogen-bond acceptors (Lipinski definition) is 5. The molecule has 2 amide bonds. The van der Waals surface area contributed by atoms with Crippen LogP contribution in [-0.4, -0.2) is 35.0 Å². The number of hydrazine groups is 1. The standard InChI is InChI=1S/C23H30N2O5/c1-3-20(4-2)21(15-26)25(23(28)30-17-19-13-9-6-10-14-19)24-22(27)29-16-18-11-7-5-8-12-18/h5-14,20-21,26H,3-4,15-17H2,1-2H3,(H,24,27)/t21-/m1/s1. The zero-order valence-electron chi connectivity index (χ0n) is 17.5. The SMILES string of the molecule is CCC(CC)[C@@H](CO)N(NC(=O)OCc1ccccc1)C(=O)OCc1ccccc1. The Hall–Kier alpha value is -3.06. The molecule has 0 aliphatic heterocycles. The van der Waals surface area contributed by atoms with Crippen LogP contribution < -0.4 is 5.43 Å². The minimum atomic E-state index is -0.792. The van der Waals surface area contributed by atoms with E-state index in [1.165, 1.54) is 0 Å². The Morgan fingerprint density at radius 3 is 1.87 bits per heavy atom. The third-order valence-electron chi connectivity index (χ3n) is 4.94. The van der Waals surface area contributed by atoms with E-state index < -0.39 is 18.2 Å². The molecule has 0 fully saturated rings. The van der Waals surface area contributed by atoms with Crippen LogP contribution >= 0.6 is 0 Å². The Balaban J connectivity index is 2.06. The summed E-state index contributed by atoms with van der Waals surface area (Å²) < 4.78 is 10.6. The minimum Gasteiger partial charge on any atom is -0.443 e. The van der Waals surface area contributed by atoms with E-state index in [4.69, 9.17) is 9.47 Å². The summed E-state index contributed by atoms with van der Waals surface area (Å²) in [6.45, 7) is 3.74. The summed E-state index contributed by atoms with van der Waals surface area (Å²) in [5, 5.41) is 11.0. The first-order valence-electron chi connectivity index (χ1n) is 10.2. The fourth-order valence-corrected chi connectivity index (χ4v) is 3.18. The van der Waals surface area contributed by atoms with Crippen LogP contribution in [0.4, 0.5) is 9.59 Å². The lowest BCUT2D eigenvalue weighted by Gasteiger charge is -2.34. The average Bonchev–Trinajstić information content (AvgIpc) is 2.79. The van der Waals surface area contributed by atoms with Gasteiger partial charge in [0.05, 0.1) is 12.6 Å². The zero-order valence-corrected chi connectivity index (χ0v) is 17.5. The lowest BCUT2D eigenvalue weighted by Crippen LogP contribution is -2.56. The largest absolute Gasteiger partial charge is 0.443 e. The Kier molecular flexibility index (Phi) is 9.67. The monoisotopic (exact) mass is 414 g/mol. The topological polar surface area (TPSA) is 88.1 Å². The fraction of sp³-hybridized carbons (Fsp3) is 0.391. The van der Waals surface area contributed by atoms with Crippen LogP contribution in [0.1, 0.15) is 37.8 Å². The van der Waals surface area contributed by atoms with Gasteiger partial charge < -0.3 is 14.6 Å². The Morgan fingerprint density at radius 2 is 1.40 bits per heavy atom. The maximum Gasteiger partial charge on any atom is 0.429 e. The number of ether oxygens (including phenoxy) is 2. The van der Waals surface area contributed by atoms with E-state index in [9.17, 15) is 14.7 Å². The Labute approximate surface area is 177 Å². The number of rotatable bonds is 9. The third kappa shape index (κ3) is 7.08. The van der Waals surface area contributed by atoms with Crippen LogP contribution in [-0.2, 0) is 22.7 Å². The summed E-state index contributed by atoms with van der Waals surface area (Å²) in [5.41, 5.74) is 4.10. The molecular formula is C23H30N2O5. The third-order valence-corrected chi connectivity index (χ3v) is 4.94. The van der Waals surface area contributed by atoms with Crippen LogP contribution in [0.3, 0.4) is 0 Å². The molecule has 0 saturated carbocycles. The van der Waals surface area contributed by atoms with E-state index in [-0.39, 0.29) is 25.7 Å². The molecule has 0 aliphatic rings. The van der Waals surface area contributed by atoms with Gasteiger partial charge in [0.1, 0.15) is 13.2 Å². The number of carbonyl (C=O) groups is 2. The second kappa shape index (κ2) is 12.5. The summed E-state index contributed by atoms with van der Waals surface area (Å²) in [5.74, 6) is -0.0197. The van der Waals surface area contributed by atoms with Gasteiger partial charge in [0, 0.05) is 0 Å². The van der Waals surface area contributed by atoms with Gasteiger partial charge in [-0.1, -0.05) is 87.4 Å². The van der Waals surface area contributed by atoms with Gasteiger partial charge in [-0.3, -0.25) is 0 Å². The quantitative estimate of drug-likeness (QED) is 0.599. The Morgan fingerprint density at radius 1 is 0.900 bits per heavy atom. The number of hydrogen-bond donors (Lipinski definition) is 2. The number of nitrogens with one attached hydrogen (secondary N) is 1. The molecule has 162 valence electrons. The van der Waals surface area contributed by atoms with Crippen molar-refractivity contribution < 1.29 is 24.2 Å². The summed E-state index contributed by atoms with van der Waals surface area (Å²) in [6.07, 6.45) is -0.0861. The molecule has 0 bridgehead atoms. The molecule has 2 aromatic rings. The summed E-state index contributed by atoms with van der Waals surface area (Å²) in [4.78, 5) is 25.1. The van der Waals surface area contributed by atoms with E-state index in [1.54, 1.807) is 0 Å². The molecule has 2 aromatic carbocycles. The molecule has 0 aliphatic carbocycles. The summed E-state index contributed by atoms with van der Waals surface area (Å²) in [6, 6.07) is 17.8. The second-order valence-corrected chi connectivity index (χ2v) is 6.91. The van der Waals surface area contributed by atoms with Crippen molar-refractivity contribution in [3.05, 3.63) is 71.8 Å². The molecule has 2 N–H and O–H groups in total. The van der Waals surface area contributed by atoms with Crippen LogP contribution in [0.2, 0.25) is 0 Å². The van der Waals surface area contributed by atoms with Crippen LogP contribution in [0.25, 0.3) is 0 Å². The smallest absolute Gasteiger partial charge is 0.429 e. The molecular weight excluding hydrogens is 384 g/mol. The van der Waals surface area contributed by atoms with Gasteiger partial charge in [0.15, 0.2) is 0 Å². The van der Waals surface area contributed by atoms with E-state index >= 15 is 0 Å². The lowest BCUT2D eigenvalue weighted by molar-refractivity contribution is 0.0137. The molecule has 0 radical (unpaired) electrons. The predicted molar refractivity (Wildman–Crippen MR) is 113 cm³/mol. The van der Waals surface area contributed by atoms with Gasteiger partial charge in [-0.05, 0) is 17.0 Å². The van der Waals surface area contributed by atoms with Crippen LogP contribution in [0, 0.1) is 5.92 Å². The summed E-state index contributed by atoms with van der Waals surface area (Å²) in [7, 11) is 0. The van der Waals surface area contributed by atoms with Crippen molar-refractivity contribution in [1.29, 1.82) is 0 Å². The molecule has 0 saturated heterocycles. The lowest BCUT2D eigenvalue weighted by atomic mass is 9.94. The van der Waals surface area contributed by atoms with Gasteiger partial charge in [0.2, 0.25) is 0 Å². The highest BCUT2D eigenvalue weighted by Gasteiger charge is 2.32. The van der Waals surface area contributed by atoms with Gasteiger partial charge in [0.25, 0.3) is 0 Å². The molecule has 0 heterocycles. The first-order chi connectivity index (χ1) is 14.6. The molecule has 7 nitrogen and oxygen atoms in total. The van der Waals surface area contributed by atoms with Gasteiger partial charge in [-0.2, -0.15) is 0 Å². The van der Waals surface area contributed by atoms with Crippen molar-refractivity contribution in [3.63, 3.8) is 0 Å². The zero-order chi connectivity index (χ0) is 21.8. The second-order valence-electron chi connectivity index (χ2n) is 6.91. The van der Waals surface area contributed by atoms with Crippen molar-refractivity contribution in [1.82, 2.24) is 10.4 Å². The van der Waals surface area contributed by atoms with Gasteiger partial charge >= 0.3 is 12.2 Å². The normalized spacial score (nSPS) is 11.6. The summed E-state index contributed by atoms with van der Waals surface area (Å²) >= 11 is 0. The molecule has 0 spiro atoms. The molecule has 7 heteroatoms.